The van der Waals surface area contributed by atoms with Crippen LogP contribution in [0.15, 0.2) is 66.9 Å². The van der Waals surface area contributed by atoms with Gasteiger partial charge in [0.2, 0.25) is 5.91 Å². The third-order valence-corrected chi connectivity index (χ3v) is 6.62. The van der Waals surface area contributed by atoms with E-state index in [1.807, 2.05) is 24.3 Å². The maximum atomic E-state index is 13.5. The van der Waals surface area contributed by atoms with Crippen LogP contribution in [0, 0.1) is 11.7 Å². The normalized spacial score (nSPS) is 19.5. The Morgan fingerprint density at radius 2 is 2.00 bits per heavy atom. The van der Waals surface area contributed by atoms with Gasteiger partial charge in [-0.1, -0.05) is 12.1 Å². The summed E-state index contributed by atoms with van der Waals surface area (Å²) in [7, 11) is 1.67. The first-order chi connectivity index (χ1) is 16.1. The second kappa shape index (κ2) is 9.10. The fourth-order valence-electron chi connectivity index (χ4n) is 4.90. The van der Waals surface area contributed by atoms with Gasteiger partial charge in [-0.2, -0.15) is 0 Å². The first kappa shape index (κ1) is 21.2. The summed E-state index contributed by atoms with van der Waals surface area (Å²) in [5, 5.41) is 3.10. The minimum atomic E-state index is -0.247. The van der Waals surface area contributed by atoms with Gasteiger partial charge < -0.3 is 19.9 Å². The molecule has 7 heteroatoms. The van der Waals surface area contributed by atoms with Crippen LogP contribution in [0.5, 0.6) is 5.75 Å². The van der Waals surface area contributed by atoms with E-state index in [2.05, 4.69) is 32.2 Å². The lowest BCUT2D eigenvalue weighted by Gasteiger charge is -2.49. The lowest BCUT2D eigenvalue weighted by atomic mass is 9.83. The number of amides is 1. The number of fused-ring (bicyclic) bond motifs is 3. The Morgan fingerprint density at radius 1 is 1.15 bits per heavy atom. The van der Waals surface area contributed by atoms with Crippen LogP contribution in [0.2, 0.25) is 0 Å². The molecule has 0 spiro atoms. The first-order valence-corrected chi connectivity index (χ1v) is 11.2. The van der Waals surface area contributed by atoms with Gasteiger partial charge in [0.15, 0.2) is 0 Å². The number of rotatable bonds is 5. The van der Waals surface area contributed by atoms with Crippen molar-refractivity contribution in [1.29, 1.82) is 0 Å². The summed E-state index contributed by atoms with van der Waals surface area (Å²) >= 11 is 0. The number of benzene rings is 2. The molecule has 0 bridgehead atoms. The van der Waals surface area contributed by atoms with Crippen molar-refractivity contribution in [2.45, 2.75) is 19.0 Å². The van der Waals surface area contributed by atoms with Crippen LogP contribution in [0.3, 0.4) is 0 Å². The van der Waals surface area contributed by atoms with Crippen molar-refractivity contribution in [2.75, 3.05) is 36.5 Å². The molecule has 0 radical (unpaired) electrons. The van der Waals surface area contributed by atoms with Gasteiger partial charge in [-0.15, -0.1) is 0 Å². The molecular formula is C26H27FN4O2. The predicted octanol–water partition coefficient (Wildman–Crippen LogP) is 3.41. The second-order valence-corrected chi connectivity index (χ2v) is 8.53. The number of aromatic nitrogens is 1. The van der Waals surface area contributed by atoms with E-state index in [-0.39, 0.29) is 23.7 Å². The van der Waals surface area contributed by atoms with Gasteiger partial charge in [0.1, 0.15) is 11.6 Å². The van der Waals surface area contributed by atoms with Crippen LogP contribution in [-0.2, 0) is 17.8 Å². The molecule has 2 unspecified atom stereocenters. The maximum absolute atomic E-state index is 13.5. The van der Waals surface area contributed by atoms with Crippen LogP contribution in [0.4, 0.5) is 15.8 Å². The number of hydrogen-bond donors (Lipinski definition) is 1. The lowest BCUT2D eigenvalue weighted by Crippen LogP contribution is -2.61. The van der Waals surface area contributed by atoms with Gasteiger partial charge in [-0.25, -0.2) is 4.39 Å². The van der Waals surface area contributed by atoms with Gasteiger partial charge in [0.25, 0.3) is 0 Å². The first-order valence-electron chi connectivity index (χ1n) is 11.2. The fourth-order valence-corrected chi connectivity index (χ4v) is 4.90. The zero-order valence-electron chi connectivity index (χ0n) is 18.6. The lowest BCUT2D eigenvalue weighted by molar-refractivity contribution is -0.126. The smallest absolute Gasteiger partial charge is 0.225 e. The Morgan fingerprint density at radius 3 is 2.76 bits per heavy atom. The van der Waals surface area contributed by atoms with E-state index in [0.29, 0.717) is 19.5 Å². The second-order valence-electron chi connectivity index (χ2n) is 8.53. The molecule has 0 aliphatic carbocycles. The van der Waals surface area contributed by atoms with Crippen molar-refractivity contribution < 1.29 is 13.9 Å². The summed E-state index contributed by atoms with van der Waals surface area (Å²) in [6.45, 7) is 2.65. The number of anilines is 2. The number of carbonyl (C=O) groups excluding carboxylic acids is 1. The van der Waals surface area contributed by atoms with Crippen molar-refractivity contribution in [3.8, 4) is 5.75 Å². The minimum absolute atomic E-state index is 0.00728. The monoisotopic (exact) mass is 446 g/mol. The van der Waals surface area contributed by atoms with E-state index >= 15 is 0 Å². The minimum Gasteiger partial charge on any atom is -0.497 e. The van der Waals surface area contributed by atoms with Crippen molar-refractivity contribution >= 4 is 17.3 Å². The standard InChI is InChI=1S/C26H27FN4O2/c1-33-22-10-5-18-14-23(26(32)29-16-20-4-2-3-11-28-20)25-17-30(12-13-31(25)24(18)15-22)21-8-6-19(27)7-9-21/h2-11,15,23,25H,12-14,16-17H2,1H3,(H,29,32). The zero-order valence-corrected chi connectivity index (χ0v) is 18.6. The van der Waals surface area contributed by atoms with Gasteiger partial charge in [-0.3, -0.25) is 9.78 Å². The number of pyridine rings is 1. The Balaban J connectivity index is 1.42. The predicted molar refractivity (Wildman–Crippen MR) is 126 cm³/mol. The molecule has 2 atom stereocenters. The molecule has 1 amide bonds. The quantitative estimate of drug-likeness (QED) is 0.651. The van der Waals surface area contributed by atoms with Crippen LogP contribution in [-0.4, -0.2) is 43.7 Å². The van der Waals surface area contributed by atoms with E-state index in [0.717, 1.165) is 41.5 Å². The number of methoxy groups -OCH3 is 1. The Labute approximate surface area is 193 Å². The molecule has 33 heavy (non-hydrogen) atoms. The average molecular weight is 447 g/mol. The van der Waals surface area contributed by atoms with Crippen LogP contribution >= 0.6 is 0 Å². The third kappa shape index (κ3) is 4.35. The Bertz CT molecular complexity index is 1120. The molecule has 5 rings (SSSR count). The molecule has 170 valence electrons. The largest absolute Gasteiger partial charge is 0.497 e. The molecule has 3 heterocycles. The van der Waals surface area contributed by atoms with Crippen molar-refractivity contribution in [2.24, 2.45) is 5.92 Å². The highest BCUT2D eigenvalue weighted by atomic mass is 19.1. The van der Waals surface area contributed by atoms with Gasteiger partial charge in [-0.05, 0) is 54.4 Å². The number of nitrogens with one attached hydrogen (secondary N) is 1. The summed E-state index contributed by atoms with van der Waals surface area (Å²) < 4.78 is 18.9. The molecule has 1 fully saturated rings. The molecule has 1 saturated heterocycles. The molecule has 3 aromatic rings. The fraction of sp³-hybridized carbons (Fsp3) is 0.308. The van der Waals surface area contributed by atoms with Crippen LogP contribution in [0.25, 0.3) is 0 Å². The van der Waals surface area contributed by atoms with Crippen molar-refractivity contribution in [3.05, 3.63) is 83.9 Å². The SMILES string of the molecule is COc1ccc2c(c1)N1CCN(c3ccc(F)cc3)CC1C(C(=O)NCc1ccccn1)C2. The molecular weight excluding hydrogens is 419 g/mol. The number of carbonyl (C=O) groups is 1. The molecule has 2 aliphatic rings. The van der Waals surface area contributed by atoms with E-state index in [1.54, 1.807) is 25.4 Å². The average Bonchev–Trinajstić information content (AvgIpc) is 2.87. The van der Waals surface area contributed by atoms with Gasteiger partial charge >= 0.3 is 0 Å². The summed E-state index contributed by atoms with van der Waals surface area (Å²) in [6.07, 6.45) is 2.39. The van der Waals surface area contributed by atoms with E-state index in [9.17, 15) is 9.18 Å². The van der Waals surface area contributed by atoms with Gasteiger partial charge in [0, 0.05) is 43.3 Å². The Hall–Kier alpha value is -3.61. The molecule has 0 saturated carbocycles. The number of ether oxygens (including phenoxy) is 1. The molecule has 1 aromatic heterocycles. The highest BCUT2D eigenvalue weighted by molar-refractivity contribution is 5.82. The van der Waals surface area contributed by atoms with E-state index in [1.165, 1.54) is 12.1 Å². The summed E-state index contributed by atoms with van der Waals surface area (Å²) in [6, 6.07) is 18.4. The molecule has 1 N–H and O–H groups in total. The summed E-state index contributed by atoms with van der Waals surface area (Å²) in [5.41, 5.74) is 4.09. The highest BCUT2D eigenvalue weighted by Gasteiger charge is 2.41. The van der Waals surface area contributed by atoms with Crippen LogP contribution < -0.4 is 19.9 Å². The van der Waals surface area contributed by atoms with Crippen molar-refractivity contribution in [3.63, 3.8) is 0 Å². The van der Waals surface area contributed by atoms with Crippen LogP contribution in [0.1, 0.15) is 11.3 Å². The summed E-state index contributed by atoms with van der Waals surface area (Å²) in [4.78, 5) is 22.3. The molecule has 6 nitrogen and oxygen atoms in total. The third-order valence-electron chi connectivity index (χ3n) is 6.62. The zero-order chi connectivity index (χ0) is 22.8. The van der Waals surface area contributed by atoms with E-state index < -0.39 is 0 Å². The topological polar surface area (TPSA) is 57.7 Å². The molecule has 2 aliphatic heterocycles. The Kier molecular flexibility index (Phi) is 5.86. The van der Waals surface area contributed by atoms with Crippen molar-refractivity contribution in [1.82, 2.24) is 10.3 Å². The van der Waals surface area contributed by atoms with Gasteiger partial charge in [0.05, 0.1) is 31.3 Å². The summed E-state index contributed by atoms with van der Waals surface area (Å²) in [5.74, 6) is 0.380. The number of piperazine rings is 1. The number of nitrogens with zero attached hydrogens (tertiary/aromatic N) is 3. The number of halogens is 1. The number of hydrogen-bond acceptors (Lipinski definition) is 5. The maximum Gasteiger partial charge on any atom is 0.225 e. The van der Waals surface area contributed by atoms with E-state index in [4.69, 9.17) is 4.74 Å². The molecule has 2 aromatic carbocycles. The highest BCUT2D eigenvalue weighted by Crippen LogP contribution is 2.39.